The number of ether oxygens (including phenoxy) is 1. The fourth-order valence-electron chi connectivity index (χ4n) is 1.33. The predicted octanol–water partition coefficient (Wildman–Crippen LogP) is 3.29. The van der Waals surface area contributed by atoms with E-state index in [2.05, 4.69) is 9.72 Å². The van der Waals surface area contributed by atoms with E-state index in [1.807, 2.05) is 0 Å². The summed E-state index contributed by atoms with van der Waals surface area (Å²) in [7, 11) is 0. The Morgan fingerprint density at radius 1 is 1.29 bits per heavy atom. The first-order valence-electron chi connectivity index (χ1n) is 4.51. The molecule has 2 N–H and O–H groups in total. The SMILES string of the molecule is Nc1cccc(OC(F)(F)F)c1-c1nccs1. The summed E-state index contributed by atoms with van der Waals surface area (Å²) >= 11 is 1.19. The number of thiazole rings is 1. The number of hydrogen-bond donors (Lipinski definition) is 1. The number of halogens is 3. The lowest BCUT2D eigenvalue weighted by atomic mass is 10.1. The minimum absolute atomic E-state index is 0.167. The van der Waals surface area contributed by atoms with E-state index in [-0.39, 0.29) is 17.0 Å². The third-order valence-electron chi connectivity index (χ3n) is 1.93. The Kier molecular flexibility index (Phi) is 2.93. The van der Waals surface area contributed by atoms with Gasteiger partial charge in [-0.05, 0) is 12.1 Å². The average molecular weight is 260 g/mol. The number of anilines is 1. The first kappa shape index (κ1) is 11.7. The van der Waals surface area contributed by atoms with Crippen LogP contribution in [0, 0.1) is 0 Å². The molecule has 1 heterocycles. The second kappa shape index (κ2) is 4.25. The quantitative estimate of drug-likeness (QED) is 0.843. The molecule has 17 heavy (non-hydrogen) atoms. The Morgan fingerprint density at radius 3 is 2.65 bits per heavy atom. The highest BCUT2D eigenvalue weighted by molar-refractivity contribution is 7.13. The number of aromatic nitrogens is 1. The zero-order chi connectivity index (χ0) is 12.5. The van der Waals surface area contributed by atoms with Crippen molar-refractivity contribution in [3.8, 4) is 16.3 Å². The molecule has 2 rings (SSSR count). The number of nitrogens with two attached hydrogens (primary N) is 1. The van der Waals surface area contributed by atoms with Crippen molar-refractivity contribution in [3.05, 3.63) is 29.8 Å². The minimum Gasteiger partial charge on any atom is -0.405 e. The van der Waals surface area contributed by atoms with Crippen molar-refractivity contribution in [2.75, 3.05) is 5.73 Å². The van der Waals surface area contributed by atoms with Crippen LogP contribution < -0.4 is 10.5 Å². The van der Waals surface area contributed by atoms with Crippen molar-refractivity contribution in [1.29, 1.82) is 0 Å². The molecule has 0 spiro atoms. The van der Waals surface area contributed by atoms with E-state index in [4.69, 9.17) is 5.73 Å². The molecule has 0 aliphatic heterocycles. The molecule has 0 saturated carbocycles. The molecule has 0 aliphatic rings. The molecule has 1 aromatic carbocycles. The molecule has 0 bridgehead atoms. The van der Waals surface area contributed by atoms with Crippen LogP contribution in [-0.2, 0) is 0 Å². The summed E-state index contributed by atoms with van der Waals surface area (Å²) < 4.78 is 40.6. The van der Waals surface area contributed by atoms with Crippen LogP contribution in [0.15, 0.2) is 29.8 Å². The van der Waals surface area contributed by atoms with E-state index in [1.54, 1.807) is 5.38 Å². The third-order valence-corrected chi connectivity index (χ3v) is 2.72. The van der Waals surface area contributed by atoms with Crippen LogP contribution in [0.1, 0.15) is 0 Å². The van der Waals surface area contributed by atoms with E-state index >= 15 is 0 Å². The van der Waals surface area contributed by atoms with Crippen molar-refractivity contribution in [2.45, 2.75) is 6.36 Å². The van der Waals surface area contributed by atoms with Gasteiger partial charge in [0.05, 0.1) is 5.56 Å². The Balaban J connectivity index is 2.49. The highest BCUT2D eigenvalue weighted by atomic mass is 32.1. The minimum atomic E-state index is -4.75. The number of nitrogens with zero attached hydrogens (tertiary/aromatic N) is 1. The second-order valence-corrected chi connectivity index (χ2v) is 4.00. The number of benzene rings is 1. The van der Waals surface area contributed by atoms with Crippen LogP contribution in [0.3, 0.4) is 0 Å². The van der Waals surface area contributed by atoms with Crippen molar-refractivity contribution >= 4 is 17.0 Å². The molecule has 1 aromatic heterocycles. The summed E-state index contributed by atoms with van der Waals surface area (Å²) in [6.45, 7) is 0. The summed E-state index contributed by atoms with van der Waals surface area (Å²) in [5.74, 6) is -0.340. The van der Waals surface area contributed by atoms with E-state index in [0.29, 0.717) is 5.01 Å². The highest BCUT2D eigenvalue weighted by Gasteiger charge is 2.32. The summed E-state index contributed by atoms with van der Waals surface area (Å²) in [6, 6.07) is 4.11. The normalized spacial score (nSPS) is 11.5. The number of hydrogen-bond acceptors (Lipinski definition) is 4. The Labute approximate surface area is 98.7 Å². The van der Waals surface area contributed by atoms with E-state index in [0.717, 1.165) is 0 Å². The molecule has 0 radical (unpaired) electrons. The smallest absolute Gasteiger partial charge is 0.405 e. The Morgan fingerprint density at radius 2 is 2.06 bits per heavy atom. The van der Waals surface area contributed by atoms with Gasteiger partial charge in [-0.25, -0.2) is 4.98 Å². The van der Waals surface area contributed by atoms with Gasteiger partial charge >= 0.3 is 6.36 Å². The van der Waals surface area contributed by atoms with Gasteiger partial charge in [-0.15, -0.1) is 24.5 Å². The molecule has 7 heteroatoms. The molecular formula is C10H7F3N2OS. The maximum atomic E-state index is 12.2. The maximum absolute atomic E-state index is 12.2. The van der Waals surface area contributed by atoms with Gasteiger partial charge in [-0.2, -0.15) is 0 Å². The van der Waals surface area contributed by atoms with Crippen molar-refractivity contribution in [3.63, 3.8) is 0 Å². The maximum Gasteiger partial charge on any atom is 0.573 e. The summed E-state index contributed by atoms with van der Waals surface area (Å²) in [5, 5.41) is 2.04. The topological polar surface area (TPSA) is 48.1 Å². The van der Waals surface area contributed by atoms with Gasteiger partial charge < -0.3 is 10.5 Å². The van der Waals surface area contributed by atoms with Gasteiger partial charge in [-0.3, -0.25) is 0 Å². The van der Waals surface area contributed by atoms with Crippen LogP contribution in [0.4, 0.5) is 18.9 Å². The molecule has 0 atom stereocenters. The summed E-state index contributed by atoms with van der Waals surface area (Å²) in [4.78, 5) is 3.93. The lowest BCUT2D eigenvalue weighted by Gasteiger charge is -2.13. The third kappa shape index (κ3) is 2.68. The average Bonchev–Trinajstić information content (AvgIpc) is 2.68. The molecule has 0 fully saturated rings. The fraction of sp³-hybridized carbons (Fsp3) is 0.100. The van der Waals surface area contributed by atoms with Crippen LogP contribution in [0.2, 0.25) is 0 Å². The molecule has 0 amide bonds. The standard InChI is InChI=1S/C10H7F3N2OS/c11-10(12,13)16-7-3-1-2-6(14)8(7)9-15-4-5-17-9/h1-5H,14H2. The van der Waals surface area contributed by atoms with Gasteiger partial charge in [0.1, 0.15) is 10.8 Å². The van der Waals surface area contributed by atoms with Crippen molar-refractivity contribution in [2.24, 2.45) is 0 Å². The van der Waals surface area contributed by atoms with E-state index < -0.39 is 6.36 Å². The van der Waals surface area contributed by atoms with Gasteiger partial charge in [0, 0.05) is 17.3 Å². The summed E-state index contributed by atoms with van der Waals surface area (Å²) in [5.41, 5.74) is 6.01. The number of rotatable bonds is 2. The molecule has 0 aliphatic carbocycles. The molecular weight excluding hydrogens is 253 g/mol. The van der Waals surface area contributed by atoms with Gasteiger partial charge in [-0.1, -0.05) is 6.07 Å². The van der Waals surface area contributed by atoms with Crippen molar-refractivity contribution in [1.82, 2.24) is 4.98 Å². The second-order valence-electron chi connectivity index (χ2n) is 3.11. The molecule has 0 saturated heterocycles. The van der Waals surface area contributed by atoms with E-state index in [9.17, 15) is 13.2 Å². The summed E-state index contributed by atoms with van der Waals surface area (Å²) in [6.07, 6.45) is -3.26. The van der Waals surface area contributed by atoms with Crippen LogP contribution in [-0.4, -0.2) is 11.3 Å². The fourth-order valence-corrected chi connectivity index (χ4v) is 2.04. The van der Waals surface area contributed by atoms with Crippen molar-refractivity contribution < 1.29 is 17.9 Å². The molecule has 0 unspecified atom stereocenters. The Hall–Kier alpha value is -1.76. The molecule has 2 aromatic rings. The lowest BCUT2D eigenvalue weighted by molar-refractivity contribution is -0.274. The first-order chi connectivity index (χ1) is 7.97. The van der Waals surface area contributed by atoms with E-state index in [1.165, 1.54) is 35.7 Å². The zero-order valence-corrected chi connectivity index (χ0v) is 9.18. The largest absolute Gasteiger partial charge is 0.573 e. The van der Waals surface area contributed by atoms with Gasteiger partial charge in [0.15, 0.2) is 0 Å². The lowest BCUT2D eigenvalue weighted by Crippen LogP contribution is -2.17. The monoisotopic (exact) mass is 260 g/mol. The van der Waals surface area contributed by atoms with Gasteiger partial charge in [0.2, 0.25) is 0 Å². The number of alkyl halides is 3. The van der Waals surface area contributed by atoms with Crippen LogP contribution in [0.25, 0.3) is 10.6 Å². The number of nitrogen functional groups attached to an aromatic ring is 1. The van der Waals surface area contributed by atoms with Crippen LogP contribution >= 0.6 is 11.3 Å². The van der Waals surface area contributed by atoms with Gasteiger partial charge in [0.25, 0.3) is 0 Å². The Bertz CT molecular complexity index is 511. The predicted molar refractivity (Wildman–Crippen MR) is 58.6 cm³/mol. The first-order valence-corrected chi connectivity index (χ1v) is 5.39. The molecule has 90 valence electrons. The zero-order valence-electron chi connectivity index (χ0n) is 8.36. The molecule has 3 nitrogen and oxygen atoms in total. The highest BCUT2D eigenvalue weighted by Crippen LogP contribution is 2.38. The van der Waals surface area contributed by atoms with Crippen LogP contribution in [0.5, 0.6) is 5.75 Å².